The fraction of sp³-hybridized carbons (Fsp3) is 0.786. The molecule has 108 valence electrons. The van der Waals surface area contributed by atoms with Gasteiger partial charge < -0.3 is 15.0 Å². The van der Waals surface area contributed by atoms with Crippen LogP contribution < -0.4 is 10.2 Å². The quantitative estimate of drug-likeness (QED) is 0.706. The second-order valence-electron chi connectivity index (χ2n) is 5.19. The summed E-state index contributed by atoms with van der Waals surface area (Å²) in [4.78, 5) is 8.28. The molecule has 2 rings (SSSR count). The zero-order valence-corrected chi connectivity index (χ0v) is 13.1. The number of nitrogens with zero attached hydrogens (tertiary/aromatic N) is 2. The SMILES string of the molecule is CCc1nc(N(C)CCOCC2CC2)sc1CNC. The van der Waals surface area contributed by atoms with Gasteiger partial charge in [-0.15, -0.1) is 11.3 Å². The molecule has 0 saturated heterocycles. The average Bonchev–Trinajstić information content (AvgIpc) is 3.14. The first-order valence-electron chi connectivity index (χ1n) is 7.16. The zero-order chi connectivity index (χ0) is 13.7. The van der Waals surface area contributed by atoms with E-state index in [1.54, 1.807) is 11.3 Å². The molecule has 1 aromatic heterocycles. The number of thiazole rings is 1. The van der Waals surface area contributed by atoms with E-state index in [1.165, 1.54) is 23.4 Å². The van der Waals surface area contributed by atoms with E-state index in [2.05, 4.69) is 24.2 Å². The van der Waals surface area contributed by atoms with Gasteiger partial charge in [0, 0.05) is 31.6 Å². The van der Waals surface area contributed by atoms with E-state index in [1.807, 2.05) is 7.05 Å². The van der Waals surface area contributed by atoms with Crippen LogP contribution in [-0.2, 0) is 17.7 Å². The summed E-state index contributed by atoms with van der Waals surface area (Å²) in [6.45, 7) is 5.73. The van der Waals surface area contributed by atoms with Gasteiger partial charge in [0.05, 0.1) is 12.3 Å². The van der Waals surface area contributed by atoms with Gasteiger partial charge in [-0.2, -0.15) is 0 Å². The van der Waals surface area contributed by atoms with E-state index in [9.17, 15) is 0 Å². The van der Waals surface area contributed by atoms with Crippen molar-refractivity contribution < 1.29 is 4.74 Å². The maximum atomic E-state index is 5.68. The molecule has 0 bridgehead atoms. The van der Waals surface area contributed by atoms with Crippen molar-refractivity contribution in [3.63, 3.8) is 0 Å². The van der Waals surface area contributed by atoms with Crippen molar-refractivity contribution in [2.45, 2.75) is 32.7 Å². The molecule has 0 radical (unpaired) electrons. The monoisotopic (exact) mass is 283 g/mol. The molecular weight excluding hydrogens is 258 g/mol. The van der Waals surface area contributed by atoms with Gasteiger partial charge in [-0.3, -0.25) is 0 Å². The van der Waals surface area contributed by atoms with Crippen LogP contribution in [0, 0.1) is 5.92 Å². The van der Waals surface area contributed by atoms with E-state index in [-0.39, 0.29) is 0 Å². The van der Waals surface area contributed by atoms with E-state index in [4.69, 9.17) is 9.72 Å². The molecule has 1 aromatic rings. The van der Waals surface area contributed by atoms with Crippen LogP contribution in [0.3, 0.4) is 0 Å². The van der Waals surface area contributed by atoms with Crippen LogP contribution in [0.5, 0.6) is 0 Å². The molecule has 1 aliphatic carbocycles. The molecule has 0 spiro atoms. The van der Waals surface area contributed by atoms with Crippen molar-refractivity contribution in [1.29, 1.82) is 0 Å². The summed E-state index contributed by atoms with van der Waals surface area (Å²) in [5.41, 5.74) is 1.22. The highest BCUT2D eigenvalue weighted by atomic mass is 32.1. The number of nitrogens with one attached hydrogen (secondary N) is 1. The van der Waals surface area contributed by atoms with Gasteiger partial charge in [0.25, 0.3) is 0 Å². The van der Waals surface area contributed by atoms with Crippen molar-refractivity contribution >= 4 is 16.5 Å². The van der Waals surface area contributed by atoms with Crippen LogP contribution in [-0.4, -0.2) is 38.8 Å². The summed E-state index contributed by atoms with van der Waals surface area (Å²) >= 11 is 1.79. The fourth-order valence-corrected chi connectivity index (χ4v) is 3.09. The van der Waals surface area contributed by atoms with Crippen molar-refractivity contribution in [2.24, 2.45) is 5.92 Å². The number of hydrogen-bond acceptors (Lipinski definition) is 5. The smallest absolute Gasteiger partial charge is 0.185 e. The number of rotatable bonds is 9. The molecule has 0 aromatic carbocycles. The highest BCUT2D eigenvalue weighted by Gasteiger charge is 2.21. The highest BCUT2D eigenvalue weighted by Crippen LogP contribution is 2.29. The number of hydrogen-bond donors (Lipinski definition) is 1. The highest BCUT2D eigenvalue weighted by molar-refractivity contribution is 7.15. The molecule has 0 unspecified atom stereocenters. The second-order valence-corrected chi connectivity index (χ2v) is 6.25. The molecule has 1 aliphatic rings. The van der Waals surface area contributed by atoms with Gasteiger partial charge in [0.1, 0.15) is 0 Å². The molecule has 19 heavy (non-hydrogen) atoms. The lowest BCUT2D eigenvalue weighted by atomic mass is 10.3. The fourth-order valence-electron chi connectivity index (χ4n) is 1.94. The Morgan fingerprint density at radius 1 is 1.47 bits per heavy atom. The minimum absolute atomic E-state index is 0.801. The Bertz CT molecular complexity index is 390. The summed E-state index contributed by atoms with van der Waals surface area (Å²) in [5.74, 6) is 0.846. The minimum atomic E-state index is 0.801. The van der Waals surface area contributed by atoms with Crippen LogP contribution in [0.15, 0.2) is 0 Å². The summed E-state index contributed by atoms with van der Waals surface area (Å²) in [6.07, 6.45) is 3.71. The van der Waals surface area contributed by atoms with Crippen LogP contribution in [0.1, 0.15) is 30.3 Å². The minimum Gasteiger partial charge on any atom is -0.379 e. The van der Waals surface area contributed by atoms with Crippen molar-refractivity contribution in [3.8, 4) is 0 Å². The molecule has 4 nitrogen and oxygen atoms in total. The maximum Gasteiger partial charge on any atom is 0.185 e. The van der Waals surface area contributed by atoms with Crippen LogP contribution >= 0.6 is 11.3 Å². The number of likely N-dealkylation sites (N-methyl/N-ethyl adjacent to an activating group) is 1. The molecular formula is C14H25N3OS. The van der Waals surface area contributed by atoms with Crippen LogP contribution in [0.2, 0.25) is 0 Å². The normalized spacial score (nSPS) is 14.9. The Morgan fingerprint density at radius 2 is 2.26 bits per heavy atom. The Labute approximate surface area is 120 Å². The lowest BCUT2D eigenvalue weighted by Gasteiger charge is -2.15. The molecule has 0 atom stereocenters. The predicted molar refractivity (Wildman–Crippen MR) is 81.1 cm³/mol. The molecule has 1 fully saturated rings. The lowest BCUT2D eigenvalue weighted by Crippen LogP contribution is -2.22. The third-order valence-corrected chi connectivity index (χ3v) is 4.60. The Balaban J connectivity index is 1.80. The topological polar surface area (TPSA) is 37.4 Å². The number of aryl methyl sites for hydroxylation is 1. The van der Waals surface area contributed by atoms with E-state index in [0.717, 1.165) is 43.8 Å². The molecule has 1 saturated carbocycles. The number of ether oxygens (including phenoxy) is 1. The van der Waals surface area contributed by atoms with Gasteiger partial charge in [-0.1, -0.05) is 6.92 Å². The first-order valence-corrected chi connectivity index (χ1v) is 7.98. The Hall–Kier alpha value is -0.650. The summed E-state index contributed by atoms with van der Waals surface area (Å²) in [6, 6.07) is 0. The van der Waals surface area contributed by atoms with Gasteiger partial charge in [0.15, 0.2) is 5.13 Å². The number of aromatic nitrogens is 1. The van der Waals surface area contributed by atoms with Crippen molar-refractivity contribution in [1.82, 2.24) is 10.3 Å². The first kappa shape index (κ1) is 14.8. The Kier molecular flexibility index (Phi) is 5.60. The van der Waals surface area contributed by atoms with E-state index in [0.29, 0.717) is 0 Å². The standard InChI is InChI=1S/C14H25N3OS/c1-4-12-13(9-15-2)19-14(16-12)17(3)7-8-18-10-11-5-6-11/h11,15H,4-10H2,1-3H3. The third-order valence-electron chi connectivity index (χ3n) is 3.39. The first-order chi connectivity index (χ1) is 9.24. The molecule has 0 aliphatic heterocycles. The van der Waals surface area contributed by atoms with Crippen molar-refractivity contribution in [3.05, 3.63) is 10.6 Å². The van der Waals surface area contributed by atoms with Gasteiger partial charge in [-0.25, -0.2) is 4.98 Å². The summed E-state index contributed by atoms with van der Waals surface area (Å²) < 4.78 is 5.68. The average molecular weight is 283 g/mol. The van der Waals surface area contributed by atoms with E-state index >= 15 is 0 Å². The van der Waals surface area contributed by atoms with Crippen molar-refractivity contribution in [2.75, 3.05) is 38.8 Å². The third kappa shape index (κ3) is 4.44. The predicted octanol–water partition coefficient (Wildman–Crippen LogP) is 2.29. The number of anilines is 1. The Morgan fingerprint density at radius 3 is 2.89 bits per heavy atom. The van der Waals surface area contributed by atoms with Crippen LogP contribution in [0.25, 0.3) is 0 Å². The summed E-state index contributed by atoms with van der Waals surface area (Å²) in [5, 5.41) is 4.32. The lowest BCUT2D eigenvalue weighted by molar-refractivity contribution is 0.131. The molecule has 5 heteroatoms. The second kappa shape index (κ2) is 7.22. The largest absolute Gasteiger partial charge is 0.379 e. The zero-order valence-electron chi connectivity index (χ0n) is 12.2. The maximum absolute atomic E-state index is 5.68. The molecule has 0 amide bonds. The van der Waals surface area contributed by atoms with Gasteiger partial charge in [0.2, 0.25) is 0 Å². The molecule has 1 N–H and O–H groups in total. The summed E-state index contributed by atoms with van der Waals surface area (Å²) in [7, 11) is 4.08. The van der Waals surface area contributed by atoms with Gasteiger partial charge in [-0.05, 0) is 32.2 Å². The van der Waals surface area contributed by atoms with E-state index < -0.39 is 0 Å². The molecule has 1 heterocycles. The van der Waals surface area contributed by atoms with Gasteiger partial charge >= 0.3 is 0 Å². The van der Waals surface area contributed by atoms with Crippen LogP contribution in [0.4, 0.5) is 5.13 Å².